The summed E-state index contributed by atoms with van der Waals surface area (Å²) in [6.07, 6.45) is 0. The van der Waals surface area contributed by atoms with Gasteiger partial charge in [0, 0.05) is 29.9 Å². The molecule has 1 heterocycles. The van der Waals surface area contributed by atoms with Crippen molar-refractivity contribution in [1.29, 1.82) is 0 Å². The van der Waals surface area contributed by atoms with Gasteiger partial charge in [-0.05, 0) is 24.3 Å². The van der Waals surface area contributed by atoms with Crippen LogP contribution in [0.4, 0.5) is 10.1 Å². The lowest BCUT2D eigenvalue weighted by molar-refractivity contribution is -0.133. The van der Waals surface area contributed by atoms with Crippen molar-refractivity contribution >= 4 is 11.6 Å². The van der Waals surface area contributed by atoms with Gasteiger partial charge in [0.05, 0.1) is 0 Å². The van der Waals surface area contributed by atoms with Crippen LogP contribution in [0.3, 0.4) is 0 Å². The summed E-state index contributed by atoms with van der Waals surface area (Å²) in [4.78, 5) is 13.7. The maximum absolute atomic E-state index is 13.7. The lowest BCUT2D eigenvalue weighted by atomic mass is 10.1. The van der Waals surface area contributed by atoms with Crippen LogP contribution in [-0.4, -0.2) is 17.4 Å². The molecule has 1 amide bonds. The van der Waals surface area contributed by atoms with E-state index >= 15 is 0 Å². The highest BCUT2D eigenvalue weighted by atomic mass is 19.1. The fourth-order valence-corrected chi connectivity index (χ4v) is 2.36. The topological polar surface area (TPSA) is 55.6 Å². The smallest absolute Gasteiger partial charge is 0.261 e. The van der Waals surface area contributed by atoms with Gasteiger partial charge < -0.3 is 15.4 Å². The molecule has 2 aromatic rings. The molecule has 5 heteroatoms. The third kappa shape index (κ3) is 2.81. The number of nitrogen functional groups attached to an aromatic ring is 1. The van der Waals surface area contributed by atoms with Crippen LogP contribution in [0, 0.1) is 5.82 Å². The third-order valence-corrected chi connectivity index (χ3v) is 3.47. The number of carbonyl (C=O) groups is 1. The number of nitrogens with zero attached hydrogens (tertiary/aromatic N) is 1. The number of hydrogen-bond acceptors (Lipinski definition) is 3. The molecule has 0 spiro atoms. The Morgan fingerprint density at radius 2 is 2.05 bits per heavy atom. The van der Waals surface area contributed by atoms with Crippen LogP contribution in [0.5, 0.6) is 5.75 Å². The van der Waals surface area contributed by atoms with Gasteiger partial charge in [-0.1, -0.05) is 18.2 Å². The van der Waals surface area contributed by atoms with E-state index in [0.717, 1.165) is 5.56 Å². The van der Waals surface area contributed by atoms with E-state index < -0.39 is 0 Å². The third-order valence-electron chi connectivity index (χ3n) is 3.47. The van der Waals surface area contributed by atoms with Gasteiger partial charge in [-0.25, -0.2) is 4.39 Å². The zero-order valence-corrected chi connectivity index (χ0v) is 11.4. The fraction of sp³-hybridized carbons (Fsp3) is 0.188. The minimum atomic E-state index is -0.316. The van der Waals surface area contributed by atoms with Crippen molar-refractivity contribution in [2.45, 2.75) is 13.1 Å². The second kappa shape index (κ2) is 5.44. The molecular formula is C16H15FN2O2. The van der Waals surface area contributed by atoms with Crippen LogP contribution < -0.4 is 10.5 Å². The van der Waals surface area contributed by atoms with E-state index in [2.05, 4.69) is 0 Å². The minimum Gasteiger partial charge on any atom is -0.483 e. The monoisotopic (exact) mass is 286 g/mol. The average Bonchev–Trinajstić information content (AvgIpc) is 2.61. The van der Waals surface area contributed by atoms with E-state index in [4.69, 9.17) is 10.5 Å². The highest BCUT2D eigenvalue weighted by Crippen LogP contribution is 2.26. The SMILES string of the molecule is Nc1ccc2c(c1)CN(Cc1ccccc1F)C(=O)CO2. The van der Waals surface area contributed by atoms with Crippen LogP contribution in [0.25, 0.3) is 0 Å². The Morgan fingerprint density at radius 1 is 1.24 bits per heavy atom. The maximum atomic E-state index is 13.7. The maximum Gasteiger partial charge on any atom is 0.261 e. The van der Waals surface area contributed by atoms with Gasteiger partial charge in [-0.2, -0.15) is 0 Å². The molecule has 1 aliphatic heterocycles. The van der Waals surface area contributed by atoms with E-state index in [1.54, 1.807) is 41.3 Å². The van der Waals surface area contributed by atoms with Crippen molar-refractivity contribution in [2.24, 2.45) is 0 Å². The molecule has 0 fully saturated rings. The summed E-state index contributed by atoms with van der Waals surface area (Å²) in [6, 6.07) is 11.7. The standard InChI is InChI=1S/C16H15FN2O2/c17-14-4-2-1-3-11(14)8-19-9-12-7-13(18)5-6-15(12)21-10-16(19)20/h1-7H,8-10,18H2. The van der Waals surface area contributed by atoms with Crippen LogP contribution in [-0.2, 0) is 17.9 Å². The fourth-order valence-electron chi connectivity index (χ4n) is 2.36. The predicted molar refractivity (Wildman–Crippen MR) is 77.0 cm³/mol. The second-order valence-electron chi connectivity index (χ2n) is 5.00. The van der Waals surface area contributed by atoms with Gasteiger partial charge in [0.15, 0.2) is 6.61 Å². The molecule has 4 nitrogen and oxygen atoms in total. The van der Waals surface area contributed by atoms with Crippen molar-refractivity contribution in [1.82, 2.24) is 4.90 Å². The normalized spacial score (nSPS) is 14.3. The van der Waals surface area contributed by atoms with Crippen molar-refractivity contribution in [3.63, 3.8) is 0 Å². The zero-order valence-electron chi connectivity index (χ0n) is 11.4. The van der Waals surface area contributed by atoms with Crippen LogP contribution in [0.1, 0.15) is 11.1 Å². The number of amides is 1. The molecule has 0 radical (unpaired) electrons. The molecule has 0 aliphatic carbocycles. The van der Waals surface area contributed by atoms with Crippen molar-refractivity contribution in [3.8, 4) is 5.75 Å². The van der Waals surface area contributed by atoms with Crippen LogP contribution in [0.15, 0.2) is 42.5 Å². The Morgan fingerprint density at radius 3 is 2.86 bits per heavy atom. The highest BCUT2D eigenvalue weighted by Gasteiger charge is 2.22. The quantitative estimate of drug-likeness (QED) is 0.862. The molecule has 2 N–H and O–H groups in total. The lowest BCUT2D eigenvalue weighted by Gasteiger charge is -2.20. The van der Waals surface area contributed by atoms with Crippen molar-refractivity contribution in [2.75, 3.05) is 12.3 Å². The molecule has 21 heavy (non-hydrogen) atoms. The van der Waals surface area contributed by atoms with Gasteiger partial charge in [0.2, 0.25) is 0 Å². The largest absolute Gasteiger partial charge is 0.483 e. The van der Waals surface area contributed by atoms with Gasteiger partial charge >= 0.3 is 0 Å². The van der Waals surface area contributed by atoms with Gasteiger partial charge in [0.1, 0.15) is 11.6 Å². The molecule has 0 aromatic heterocycles. The average molecular weight is 286 g/mol. The minimum absolute atomic E-state index is 0.0502. The van der Waals surface area contributed by atoms with Crippen LogP contribution in [0.2, 0.25) is 0 Å². The highest BCUT2D eigenvalue weighted by molar-refractivity contribution is 5.78. The van der Waals surface area contributed by atoms with E-state index in [-0.39, 0.29) is 24.9 Å². The second-order valence-corrected chi connectivity index (χ2v) is 5.00. The van der Waals surface area contributed by atoms with Gasteiger partial charge in [-0.15, -0.1) is 0 Å². The molecule has 0 unspecified atom stereocenters. The number of rotatable bonds is 2. The predicted octanol–water partition coefficient (Wildman–Crippen LogP) is 2.33. The summed E-state index contributed by atoms with van der Waals surface area (Å²) in [5.41, 5.74) is 7.69. The number of halogens is 1. The van der Waals surface area contributed by atoms with Gasteiger partial charge in [0.25, 0.3) is 5.91 Å². The molecule has 0 atom stereocenters. The summed E-state index contributed by atoms with van der Waals surface area (Å²) in [5, 5.41) is 0. The number of fused-ring (bicyclic) bond motifs is 1. The number of nitrogens with two attached hydrogens (primary N) is 1. The number of ether oxygens (including phenoxy) is 1. The van der Waals surface area contributed by atoms with E-state index in [9.17, 15) is 9.18 Å². The first kappa shape index (κ1) is 13.4. The zero-order chi connectivity index (χ0) is 14.8. The van der Waals surface area contributed by atoms with E-state index in [1.165, 1.54) is 6.07 Å². The lowest BCUT2D eigenvalue weighted by Crippen LogP contribution is -2.32. The number of anilines is 1. The summed E-state index contributed by atoms with van der Waals surface area (Å²) >= 11 is 0. The summed E-state index contributed by atoms with van der Waals surface area (Å²) in [6.45, 7) is 0.516. The first-order valence-corrected chi connectivity index (χ1v) is 6.66. The Kier molecular flexibility index (Phi) is 3.48. The molecule has 1 aliphatic rings. The number of hydrogen-bond donors (Lipinski definition) is 1. The molecule has 0 saturated heterocycles. The van der Waals surface area contributed by atoms with Gasteiger partial charge in [-0.3, -0.25) is 4.79 Å². The van der Waals surface area contributed by atoms with E-state index in [1.807, 2.05) is 0 Å². The summed E-state index contributed by atoms with van der Waals surface area (Å²) < 4.78 is 19.2. The van der Waals surface area contributed by atoms with Crippen molar-refractivity contribution < 1.29 is 13.9 Å². The first-order chi connectivity index (χ1) is 10.1. The number of benzene rings is 2. The molecule has 0 bridgehead atoms. The Labute approximate surface area is 121 Å². The molecule has 2 aromatic carbocycles. The summed E-state index contributed by atoms with van der Waals surface area (Å²) in [5.74, 6) is 0.157. The Hall–Kier alpha value is -2.56. The molecule has 108 valence electrons. The number of carbonyl (C=O) groups excluding carboxylic acids is 1. The summed E-state index contributed by atoms with van der Waals surface area (Å²) in [7, 11) is 0. The van der Waals surface area contributed by atoms with Crippen molar-refractivity contribution in [3.05, 3.63) is 59.4 Å². The Balaban J connectivity index is 1.88. The first-order valence-electron chi connectivity index (χ1n) is 6.66. The molecule has 3 rings (SSSR count). The Bertz CT molecular complexity index is 688. The molecule has 0 saturated carbocycles. The van der Waals surface area contributed by atoms with Crippen LogP contribution >= 0.6 is 0 Å². The molecular weight excluding hydrogens is 271 g/mol. The van der Waals surface area contributed by atoms with E-state index in [0.29, 0.717) is 23.5 Å².